The second kappa shape index (κ2) is 9.11. The van der Waals surface area contributed by atoms with Crippen LogP contribution in [-0.4, -0.2) is 23.9 Å². The number of para-hydroxylation sites is 1. The predicted molar refractivity (Wildman–Crippen MR) is 109 cm³/mol. The molecule has 0 saturated heterocycles. The van der Waals surface area contributed by atoms with E-state index in [9.17, 15) is 18.8 Å². The van der Waals surface area contributed by atoms with Crippen LogP contribution >= 0.6 is 11.3 Å². The molecule has 0 aliphatic carbocycles. The number of nitrogens with one attached hydrogen (secondary N) is 2. The van der Waals surface area contributed by atoms with Crippen LogP contribution in [0.1, 0.15) is 27.0 Å². The molecule has 6 nitrogen and oxygen atoms in total. The first-order valence-corrected chi connectivity index (χ1v) is 9.53. The Balaban J connectivity index is 1.62. The van der Waals surface area contributed by atoms with Gasteiger partial charge in [0.25, 0.3) is 11.8 Å². The van der Waals surface area contributed by atoms with Gasteiger partial charge in [-0.2, -0.15) is 0 Å². The summed E-state index contributed by atoms with van der Waals surface area (Å²) in [6.07, 6.45) is -1.15. The van der Waals surface area contributed by atoms with E-state index in [1.165, 1.54) is 48.6 Å². The van der Waals surface area contributed by atoms with Gasteiger partial charge in [-0.1, -0.05) is 24.3 Å². The van der Waals surface area contributed by atoms with Crippen LogP contribution in [0.3, 0.4) is 0 Å². The van der Waals surface area contributed by atoms with Crippen molar-refractivity contribution < 1.29 is 23.5 Å². The third-order valence-electron chi connectivity index (χ3n) is 3.89. The fourth-order valence-electron chi connectivity index (χ4n) is 2.40. The number of anilines is 2. The van der Waals surface area contributed by atoms with E-state index in [1.807, 2.05) is 0 Å². The number of ether oxygens (including phenoxy) is 1. The summed E-state index contributed by atoms with van der Waals surface area (Å²) >= 11 is 1.30. The summed E-state index contributed by atoms with van der Waals surface area (Å²) < 4.78 is 18.8. The number of hydrogen-bond donors (Lipinski definition) is 2. The first-order valence-electron chi connectivity index (χ1n) is 8.65. The van der Waals surface area contributed by atoms with Crippen molar-refractivity contribution in [3.05, 3.63) is 82.3 Å². The van der Waals surface area contributed by atoms with Crippen LogP contribution in [0.2, 0.25) is 0 Å². The molecule has 3 rings (SSSR count). The van der Waals surface area contributed by atoms with Gasteiger partial charge in [-0.05, 0) is 48.7 Å². The number of carbonyl (C=O) groups is 3. The summed E-state index contributed by atoms with van der Waals surface area (Å²) in [5, 5.41) is 6.86. The topological polar surface area (TPSA) is 84.5 Å². The largest absolute Gasteiger partial charge is 0.449 e. The average Bonchev–Trinajstić information content (AvgIpc) is 3.25. The van der Waals surface area contributed by atoms with Gasteiger partial charge in [-0.15, -0.1) is 11.3 Å². The van der Waals surface area contributed by atoms with E-state index in [0.29, 0.717) is 10.6 Å². The zero-order chi connectivity index (χ0) is 20.8. The summed E-state index contributed by atoms with van der Waals surface area (Å²) in [7, 11) is 0. The van der Waals surface area contributed by atoms with Crippen LogP contribution in [0.15, 0.2) is 66.0 Å². The highest BCUT2D eigenvalue weighted by atomic mass is 32.1. The summed E-state index contributed by atoms with van der Waals surface area (Å²) in [6, 6.07) is 15.3. The van der Waals surface area contributed by atoms with E-state index in [-0.39, 0.29) is 17.2 Å². The molecule has 2 N–H and O–H groups in total. The summed E-state index contributed by atoms with van der Waals surface area (Å²) in [6.45, 7) is 1.39. The van der Waals surface area contributed by atoms with Crippen molar-refractivity contribution in [2.75, 3.05) is 10.6 Å². The lowest BCUT2D eigenvalue weighted by atomic mass is 10.2. The van der Waals surface area contributed by atoms with Gasteiger partial charge in [0, 0.05) is 5.69 Å². The fourth-order valence-corrected chi connectivity index (χ4v) is 3.02. The van der Waals surface area contributed by atoms with Crippen LogP contribution in [-0.2, 0) is 9.53 Å². The zero-order valence-corrected chi connectivity index (χ0v) is 16.2. The van der Waals surface area contributed by atoms with Crippen molar-refractivity contribution in [3.8, 4) is 0 Å². The Morgan fingerprint density at radius 1 is 1.00 bits per heavy atom. The molecule has 0 saturated carbocycles. The highest BCUT2D eigenvalue weighted by Gasteiger charge is 2.20. The molecule has 0 aliphatic heterocycles. The van der Waals surface area contributed by atoms with E-state index in [4.69, 9.17) is 4.74 Å². The maximum atomic E-state index is 13.6. The molecule has 2 aromatic carbocycles. The number of carbonyl (C=O) groups excluding carboxylic acids is 3. The minimum Gasteiger partial charge on any atom is -0.449 e. The molecule has 0 radical (unpaired) electrons. The van der Waals surface area contributed by atoms with E-state index in [0.717, 1.165) is 0 Å². The van der Waals surface area contributed by atoms with Gasteiger partial charge in [-0.3, -0.25) is 9.59 Å². The van der Waals surface area contributed by atoms with Crippen molar-refractivity contribution >= 4 is 40.5 Å². The number of rotatable bonds is 6. The number of amides is 2. The first-order chi connectivity index (χ1) is 13.9. The summed E-state index contributed by atoms with van der Waals surface area (Å²) in [4.78, 5) is 37.2. The number of hydrogen-bond acceptors (Lipinski definition) is 5. The van der Waals surface area contributed by atoms with Crippen molar-refractivity contribution in [1.82, 2.24) is 0 Å². The summed E-state index contributed by atoms with van der Waals surface area (Å²) in [5.41, 5.74) is 0.583. The van der Waals surface area contributed by atoms with E-state index >= 15 is 0 Å². The highest BCUT2D eigenvalue weighted by molar-refractivity contribution is 7.12. The Bertz CT molecular complexity index is 1040. The van der Waals surface area contributed by atoms with Crippen molar-refractivity contribution in [2.24, 2.45) is 0 Å². The number of halogens is 1. The number of esters is 1. The Morgan fingerprint density at radius 3 is 2.52 bits per heavy atom. The molecule has 148 valence electrons. The smallest absolute Gasteiger partial charge is 0.338 e. The molecular weight excluding hydrogens is 395 g/mol. The van der Waals surface area contributed by atoms with Crippen molar-refractivity contribution in [2.45, 2.75) is 13.0 Å². The minimum absolute atomic E-state index is 0.00122. The van der Waals surface area contributed by atoms with Crippen LogP contribution in [0.5, 0.6) is 0 Å². The molecule has 0 spiro atoms. The lowest BCUT2D eigenvalue weighted by molar-refractivity contribution is -0.123. The molecule has 0 aliphatic rings. The Morgan fingerprint density at radius 2 is 1.79 bits per heavy atom. The van der Waals surface area contributed by atoms with Gasteiger partial charge in [-0.25, -0.2) is 9.18 Å². The van der Waals surface area contributed by atoms with Crippen LogP contribution in [0.4, 0.5) is 15.8 Å². The van der Waals surface area contributed by atoms with Crippen LogP contribution < -0.4 is 10.6 Å². The third-order valence-corrected chi connectivity index (χ3v) is 4.75. The molecule has 29 heavy (non-hydrogen) atoms. The number of thiophene rings is 1. The van der Waals surface area contributed by atoms with Crippen LogP contribution in [0, 0.1) is 5.82 Å². The molecule has 1 aromatic heterocycles. The van der Waals surface area contributed by atoms with E-state index in [1.54, 1.807) is 35.7 Å². The van der Waals surface area contributed by atoms with Gasteiger partial charge in [0.2, 0.25) is 0 Å². The molecule has 3 aromatic rings. The normalized spacial score (nSPS) is 11.4. The van der Waals surface area contributed by atoms with Gasteiger partial charge in [0.05, 0.1) is 16.1 Å². The van der Waals surface area contributed by atoms with Gasteiger partial charge in [0.1, 0.15) is 5.82 Å². The highest BCUT2D eigenvalue weighted by Crippen LogP contribution is 2.17. The van der Waals surface area contributed by atoms with E-state index < -0.39 is 23.8 Å². The SMILES string of the molecule is C[C@H](OC(=O)c1cccc(NC(=O)c2cccs2)c1)C(=O)Nc1ccccc1F. The van der Waals surface area contributed by atoms with Gasteiger partial charge < -0.3 is 15.4 Å². The molecule has 0 fully saturated rings. The van der Waals surface area contributed by atoms with Gasteiger partial charge >= 0.3 is 5.97 Å². The monoisotopic (exact) mass is 412 g/mol. The quantitative estimate of drug-likeness (QED) is 0.591. The number of benzene rings is 2. The van der Waals surface area contributed by atoms with E-state index in [2.05, 4.69) is 10.6 Å². The minimum atomic E-state index is -1.15. The Hall–Kier alpha value is -3.52. The van der Waals surface area contributed by atoms with Crippen molar-refractivity contribution in [1.29, 1.82) is 0 Å². The third kappa shape index (κ3) is 5.26. The Kier molecular flexibility index (Phi) is 6.36. The molecule has 8 heteroatoms. The second-order valence-electron chi connectivity index (χ2n) is 6.03. The second-order valence-corrected chi connectivity index (χ2v) is 6.98. The molecule has 2 amide bonds. The molecule has 1 atom stereocenters. The maximum Gasteiger partial charge on any atom is 0.338 e. The van der Waals surface area contributed by atoms with Crippen molar-refractivity contribution in [3.63, 3.8) is 0 Å². The lowest BCUT2D eigenvalue weighted by Gasteiger charge is -2.14. The molecule has 0 bridgehead atoms. The standard InChI is InChI=1S/C21H17FN2O4S/c1-13(19(25)24-17-9-3-2-8-16(17)22)28-21(27)14-6-4-7-15(12-14)23-20(26)18-10-5-11-29-18/h2-13H,1H3,(H,23,26)(H,24,25)/t13-/m0/s1. The summed E-state index contributed by atoms with van der Waals surface area (Å²) in [5.74, 6) is -2.28. The molecular formula is C21H17FN2O4S. The Labute approximate surface area is 170 Å². The molecule has 0 unspecified atom stereocenters. The molecule has 1 heterocycles. The maximum absolute atomic E-state index is 13.6. The average molecular weight is 412 g/mol. The van der Waals surface area contributed by atoms with Gasteiger partial charge in [0.15, 0.2) is 6.10 Å². The fraction of sp³-hybridized carbons (Fsp3) is 0.0952. The predicted octanol–water partition coefficient (Wildman–Crippen LogP) is 4.32. The lowest BCUT2D eigenvalue weighted by Crippen LogP contribution is -2.30. The first kappa shape index (κ1) is 20.2. The zero-order valence-electron chi connectivity index (χ0n) is 15.3. The van der Waals surface area contributed by atoms with Crippen LogP contribution in [0.25, 0.3) is 0 Å².